The molecule has 162 valence electrons. The fourth-order valence-corrected chi connectivity index (χ4v) is 4.04. The van der Waals surface area contributed by atoms with Gasteiger partial charge in [-0.15, -0.1) is 0 Å². The molecule has 0 saturated heterocycles. The molecule has 31 heavy (non-hydrogen) atoms. The summed E-state index contributed by atoms with van der Waals surface area (Å²) >= 11 is 9.31. The number of sulfonamides is 1. The zero-order chi connectivity index (χ0) is 22.4. The molecule has 0 unspecified atom stereocenters. The minimum atomic E-state index is -3.69. The van der Waals surface area contributed by atoms with Crippen LogP contribution in [0.3, 0.4) is 0 Å². The fraction of sp³-hybridized carbons (Fsp3) is 0.136. The summed E-state index contributed by atoms with van der Waals surface area (Å²) < 4.78 is 32.1. The van der Waals surface area contributed by atoms with Crippen LogP contribution in [0.25, 0.3) is 0 Å². The van der Waals surface area contributed by atoms with Crippen molar-refractivity contribution in [3.05, 3.63) is 87.9 Å². The van der Waals surface area contributed by atoms with E-state index in [0.717, 1.165) is 16.1 Å². The zero-order valence-corrected chi connectivity index (χ0v) is 19.7. The number of anilines is 2. The molecule has 0 radical (unpaired) electrons. The Bertz CT molecular complexity index is 1160. The monoisotopic (exact) mass is 522 g/mol. The maximum Gasteiger partial charge on any atom is 0.245 e. The third-order valence-electron chi connectivity index (χ3n) is 4.26. The van der Waals surface area contributed by atoms with Crippen LogP contribution in [0.15, 0.2) is 77.3 Å². The third-order valence-corrected chi connectivity index (χ3v) is 6.64. The lowest BCUT2D eigenvalue weighted by molar-refractivity contribution is -0.114. The van der Waals surface area contributed by atoms with Gasteiger partial charge < -0.3 is 10.1 Å². The van der Waals surface area contributed by atoms with E-state index in [2.05, 4.69) is 21.2 Å². The van der Waals surface area contributed by atoms with Crippen molar-refractivity contribution in [3.63, 3.8) is 0 Å². The molecule has 0 saturated carbocycles. The quantitative estimate of drug-likeness (QED) is 0.446. The molecule has 9 heteroatoms. The minimum absolute atomic E-state index is 0.360. The van der Waals surface area contributed by atoms with E-state index in [-0.39, 0.29) is 6.54 Å². The number of carbonyl (C=O) groups excluding carboxylic acids is 1. The van der Waals surface area contributed by atoms with Gasteiger partial charge in [0.1, 0.15) is 18.9 Å². The van der Waals surface area contributed by atoms with Crippen LogP contribution >= 0.6 is 27.5 Å². The van der Waals surface area contributed by atoms with Crippen molar-refractivity contribution < 1.29 is 17.9 Å². The standard InChI is InChI=1S/C22H20BrClN2O4S/c1-31(28,29)26(14-22(27)25-17-7-12-20(23)21(24)13-17)18-8-10-19(11-9-18)30-15-16-5-3-2-4-6-16/h2-13H,14-15H2,1H3,(H,25,27). The van der Waals surface area contributed by atoms with Gasteiger partial charge in [-0.3, -0.25) is 9.10 Å². The summed E-state index contributed by atoms with van der Waals surface area (Å²) in [6.45, 7) is 0.0187. The molecule has 0 aliphatic carbocycles. The summed E-state index contributed by atoms with van der Waals surface area (Å²) in [6.07, 6.45) is 1.05. The molecule has 1 amide bonds. The molecule has 0 heterocycles. The minimum Gasteiger partial charge on any atom is -0.489 e. The Labute approximate surface area is 195 Å². The van der Waals surface area contributed by atoms with E-state index in [1.165, 1.54) is 0 Å². The molecule has 3 rings (SSSR count). The van der Waals surface area contributed by atoms with Gasteiger partial charge in [0.05, 0.1) is 17.0 Å². The van der Waals surface area contributed by atoms with Gasteiger partial charge in [0, 0.05) is 10.2 Å². The second kappa shape index (κ2) is 10.2. The van der Waals surface area contributed by atoms with Crippen molar-refractivity contribution in [1.29, 1.82) is 0 Å². The van der Waals surface area contributed by atoms with E-state index in [0.29, 0.717) is 33.2 Å². The Hall–Kier alpha value is -2.55. The SMILES string of the molecule is CS(=O)(=O)N(CC(=O)Nc1ccc(Br)c(Cl)c1)c1ccc(OCc2ccccc2)cc1. The molecule has 0 aromatic heterocycles. The average Bonchev–Trinajstić information content (AvgIpc) is 2.74. The first-order valence-electron chi connectivity index (χ1n) is 9.22. The van der Waals surface area contributed by atoms with Gasteiger partial charge in [0.15, 0.2) is 0 Å². The first-order chi connectivity index (χ1) is 14.7. The van der Waals surface area contributed by atoms with Gasteiger partial charge in [0.2, 0.25) is 15.9 Å². The van der Waals surface area contributed by atoms with Crippen molar-refractivity contribution in [2.24, 2.45) is 0 Å². The highest BCUT2D eigenvalue weighted by molar-refractivity contribution is 9.10. The maximum absolute atomic E-state index is 12.5. The van der Waals surface area contributed by atoms with Gasteiger partial charge in [-0.05, 0) is 64.0 Å². The van der Waals surface area contributed by atoms with Crippen molar-refractivity contribution >= 4 is 54.8 Å². The molecular weight excluding hydrogens is 504 g/mol. The lowest BCUT2D eigenvalue weighted by atomic mass is 10.2. The number of ether oxygens (including phenoxy) is 1. The van der Waals surface area contributed by atoms with Crippen molar-refractivity contribution in [2.45, 2.75) is 6.61 Å². The Balaban J connectivity index is 1.68. The number of carbonyl (C=O) groups is 1. The number of hydrogen-bond donors (Lipinski definition) is 1. The van der Waals surface area contributed by atoms with E-state index in [9.17, 15) is 13.2 Å². The second-order valence-corrected chi connectivity index (χ2v) is 9.88. The number of hydrogen-bond acceptors (Lipinski definition) is 4. The highest BCUT2D eigenvalue weighted by Crippen LogP contribution is 2.26. The van der Waals surface area contributed by atoms with Gasteiger partial charge in [-0.25, -0.2) is 8.42 Å². The summed E-state index contributed by atoms with van der Waals surface area (Å²) in [6, 6.07) is 21.2. The first-order valence-corrected chi connectivity index (χ1v) is 12.2. The second-order valence-electron chi connectivity index (χ2n) is 6.71. The Morgan fingerprint density at radius 2 is 1.74 bits per heavy atom. The number of rotatable bonds is 8. The Morgan fingerprint density at radius 1 is 1.06 bits per heavy atom. The number of benzene rings is 3. The largest absolute Gasteiger partial charge is 0.489 e. The van der Waals surface area contributed by atoms with Crippen molar-refractivity contribution in [1.82, 2.24) is 0 Å². The molecule has 0 fully saturated rings. The van der Waals surface area contributed by atoms with Crippen LogP contribution in [0.4, 0.5) is 11.4 Å². The number of halogens is 2. The van der Waals surface area contributed by atoms with Crippen molar-refractivity contribution in [3.8, 4) is 5.75 Å². The smallest absolute Gasteiger partial charge is 0.245 e. The Morgan fingerprint density at radius 3 is 2.35 bits per heavy atom. The summed E-state index contributed by atoms with van der Waals surface area (Å²) in [4.78, 5) is 12.5. The molecule has 3 aromatic carbocycles. The molecule has 0 aliphatic heterocycles. The molecule has 0 aliphatic rings. The maximum atomic E-state index is 12.5. The molecule has 0 bridgehead atoms. The predicted molar refractivity (Wildman–Crippen MR) is 127 cm³/mol. The van der Waals surface area contributed by atoms with Crippen LogP contribution < -0.4 is 14.4 Å². The highest BCUT2D eigenvalue weighted by Gasteiger charge is 2.21. The van der Waals surface area contributed by atoms with Gasteiger partial charge in [-0.1, -0.05) is 41.9 Å². The van der Waals surface area contributed by atoms with E-state index in [1.54, 1.807) is 42.5 Å². The molecule has 0 atom stereocenters. The topological polar surface area (TPSA) is 75.7 Å². The normalized spacial score (nSPS) is 11.1. The first kappa shape index (κ1) is 23.1. The third kappa shape index (κ3) is 6.72. The molecule has 3 aromatic rings. The molecule has 6 nitrogen and oxygen atoms in total. The van der Waals surface area contributed by atoms with Gasteiger partial charge >= 0.3 is 0 Å². The van der Waals surface area contributed by atoms with Crippen LogP contribution in [0.2, 0.25) is 5.02 Å². The van der Waals surface area contributed by atoms with E-state index in [1.807, 2.05) is 30.3 Å². The zero-order valence-electron chi connectivity index (χ0n) is 16.6. The number of nitrogens with zero attached hydrogens (tertiary/aromatic N) is 1. The van der Waals surface area contributed by atoms with Crippen LogP contribution in [0.5, 0.6) is 5.75 Å². The summed E-state index contributed by atoms with van der Waals surface area (Å²) in [7, 11) is -3.69. The lowest BCUT2D eigenvalue weighted by Crippen LogP contribution is -2.37. The van der Waals surface area contributed by atoms with Gasteiger partial charge in [0.25, 0.3) is 0 Å². The number of nitrogens with one attached hydrogen (secondary N) is 1. The molecule has 0 spiro atoms. The summed E-state index contributed by atoms with van der Waals surface area (Å²) in [5.41, 5.74) is 1.85. The summed E-state index contributed by atoms with van der Waals surface area (Å²) in [5.74, 6) is 0.100. The van der Waals surface area contributed by atoms with Crippen LogP contribution in [-0.2, 0) is 21.4 Å². The molecular formula is C22H20BrClN2O4S. The Kier molecular flexibility index (Phi) is 7.59. The summed E-state index contributed by atoms with van der Waals surface area (Å²) in [5, 5.41) is 3.09. The van der Waals surface area contributed by atoms with Crippen LogP contribution in [0, 0.1) is 0 Å². The van der Waals surface area contributed by atoms with Crippen LogP contribution in [-0.4, -0.2) is 27.1 Å². The average molecular weight is 524 g/mol. The van der Waals surface area contributed by atoms with E-state index in [4.69, 9.17) is 16.3 Å². The lowest BCUT2D eigenvalue weighted by Gasteiger charge is -2.22. The molecule has 1 N–H and O–H groups in total. The van der Waals surface area contributed by atoms with E-state index < -0.39 is 15.9 Å². The predicted octanol–water partition coefficient (Wildman–Crippen LogP) is 5.09. The van der Waals surface area contributed by atoms with Crippen molar-refractivity contribution in [2.75, 3.05) is 22.4 Å². The van der Waals surface area contributed by atoms with Crippen LogP contribution in [0.1, 0.15) is 5.56 Å². The highest BCUT2D eigenvalue weighted by atomic mass is 79.9. The fourth-order valence-electron chi connectivity index (χ4n) is 2.75. The number of amides is 1. The van der Waals surface area contributed by atoms with Gasteiger partial charge in [-0.2, -0.15) is 0 Å². The van der Waals surface area contributed by atoms with E-state index >= 15 is 0 Å².